The second-order valence-corrected chi connectivity index (χ2v) is 12.8. The zero-order valence-corrected chi connectivity index (χ0v) is 25.1. The minimum Gasteiger partial charge on any atom is -0.505 e. The number of benzene rings is 6. The van der Waals surface area contributed by atoms with Crippen LogP contribution in [0.4, 0.5) is 22.7 Å². The lowest BCUT2D eigenvalue weighted by Crippen LogP contribution is -1.99. The van der Waals surface area contributed by atoms with Crippen LogP contribution in [0.1, 0.15) is 0 Å². The van der Waals surface area contributed by atoms with Gasteiger partial charge >= 0.3 is 0 Å². The largest absolute Gasteiger partial charge is 0.505 e. The molecule has 4 N–H and O–H groups in total. The highest BCUT2D eigenvalue weighted by Gasteiger charge is 2.20. The van der Waals surface area contributed by atoms with Crippen LogP contribution in [0, 0.1) is 0 Å². The Hall–Kier alpha value is -5.54. The fraction of sp³-hybridized carbons (Fsp3) is 0. The van der Waals surface area contributed by atoms with Gasteiger partial charge in [0.15, 0.2) is 11.5 Å². The van der Waals surface area contributed by atoms with Crippen LogP contribution in [-0.2, 0) is 20.2 Å². The first-order valence-corrected chi connectivity index (χ1v) is 16.3. The predicted molar refractivity (Wildman–Crippen MR) is 171 cm³/mol. The van der Waals surface area contributed by atoms with Gasteiger partial charge in [-0.25, -0.2) is 0 Å². The Balaban J connectivity index is 1.22. The summed E-state index contributed by atoms with van der Waals surface area (Å²) in [5.74, 6) is -0.564. The number of phenolic OH excluding ortho intramolecular Hbond substituents is 2. The fourth-order valence-electron chi connectivity index (χ4n) is 4.87. The normalized spacial score (nSPS) is 12.5. The van der Waals surface area contributed by atoms with E-state index in [2.05, 4.69) is 20.5 Å². The average molecular weight is 655 g/mol. The minimum atomic E-state index is -4.59. The van der Waals surface area contributed by atoms with E-state index >= 15 is 0 Å². The third kappa shape index (κ3) is 6.05. The van der Waals surface area contributed by atoms with Gasteiger partial charge < -0.3 is 10.2 Å². The van der Waals surface area contributed by atoms with Crippen LogP contribution < -0.4 is 0 Å². The Morgan fingerprint density at radius 2 is 0.761 bits per heavy atom. The van der Waals surface area contributed by atoms with Crippen LogP contribution in [0.3, 0.4) is 0 Å². The molecule has 0 spiro atoms. The van der Waals surface area contributed by atoms with Gasteiger partial charge in [0.2, 0.25) is 0 Å². The van der Waals surface area contributed by atoms with E-state index in [9.17, 15) is 36.2 Å². The first-order chi connectivity index (χ1) is 21.9. The van der Waals surface area contributed by atoms with E-state index in [4.69, 9.17) is 0 Å². The lowest BCUT2D eigenvalue weighted by Gasteiger charge is -2.08. The van der Waals surface area contributed by atoms with Crippen LogP contribution in [0.25, 0.3) is 32.7 Å². The molecule has 0 heterocycles. The molecule has 0 aliphatic carbocycles. The summed E-state index contributed by atoms with van der Waals surface area (Å²) in [5.41, 5.74) is 2.19. The van der Waals surface area contributed by atoms with Crippen molar-refractivity contribution in [3.8, 4) is 22.6 Å². The van der Waals surface area contributed by atoms with Crippen LogP contribution in [-0.4, -0.2) is 36.2 Å². The van der Waals surface area contributed by atoms with Crippen molar-refractivity contribution >= 4 is 64.5 Å². The van der Waals surface area contributed by atoms with Crippen LogP contribution in [0.2, 0.25) is 0 Å². The van der Waals surface area contributed by atoms with Gasteiger partial charge in [0.05, 0.1) is 11.4 Å². The van der Waals surface area contributed by atoms with Crippen molar-refractivity contribution in [1.82, 2.24) is 0 Å². The number of aromatic hydroxyl groups is 2. The molecule has 0 aromatic heterocycles. The van der Waals surface area contributed by atoms with Crippen LogP contribution >= 0.6 is 0 Å². The van der Waals surface area contributed by atoms with Gasteiger partial charge in [0, 0.05) is 21.5 Å². The van der Waals surface area contributed by atoms with Crippen LogP contribution in [0.15, 0.2) is 139 Å². The zero-order chi connectivity index (χ0) is 32.6. The lowest BCUT2D eigenvalue weighted by atomic mass is 10.1. The Labute approximate surface area is 262 Å². The summed E-state index contributed by atoms with van der Waals surface area (Å²) in [6.45, 7) is 0. The van der Waals surface area contributed by atoms with Gasteiger partial charge in [-0.15, -0.1) is 10.2 Å². The third-order valence-corrected chi connectivity index (χ3v) is 8.87. The molecule has 6 aromatic carbocycles. The number of fused-ring (bicyclic) bond motifs is 2. The van der Waals surface area contributed by atoms with Crippen molar-refractivity contribution in [2.75, 3.05) is 0 Å². The average Bonchev–Trinajstić information content (AvgIpc) is 3.04. The van der Waals surface area contributed by atoms with E-state index in [1.807, 2.05) is 0 Å². The summed E-state index contributed by atoms with van der Waals surface area (Å²) in [7, 11) is -9.19. The summed E-state index contributed by atoms with van der Waals surface area (Å²) in [5, 5.41) is 38.2. The van der Waals surface area contributed by atoms with Crippen LogP contribution in [0.5, 0.6) is 11.5 Å². The SMILES string of the molecule is O=S(=O)(O)c1cc(N=Nc2ccc(-c3ccc(N=Nc4cc(S(=O)(=O)O)c5ccccc5c4O)cc3)cc2)c(O)c2ccccc12. The highest BCUT2D eigenvalue weighted by molar-refractivity contribution is 7.86. The molecule has 0 radical (unpaired) electrons. The maximum atomic E-state index is 11.9. The Morgan fingerprint density at radius 3 is 1.09 bits per heavy atom. The van der Waals surface area contributed by atoms with Crippen molar-refractivity contribution in [1.29, 1.82) is 0 Å². The van der Waals surface area contributed by atoms with E-state index in [0.29, 0.717) is 11.4 Å². The van der Waals surface area contributed by atoms with Gasteiger partial charge in [0.25, 0.3) is 20.2 Å². The van der Waals surface area contributed by atoms with Gasteiger partial charge in [0.1, 0.15) is 21.2 Å². The molecule has 6 rings (SSSR count). The first-order valence-electron chi connectivity index (χ1n) is 13.4. The van der Waals surface area contributed by atoms with E-state index in [1.54, 1.807) is 72.8 Å². The molecule has 12 nitrogen and oxygen atoms in total. The number of hydrogen-bond donors (Lipinski definition) is 4. The molecule has 0 amide bonds. The molecule has 0 saturated carbocycles. The Kier molecular flexibility index (Phi) is 7.79. The molecule has 0 saturated heterocycles. The monoisotopic (exact) mass is 654 g/mol. The highest BCUT2D eigenvalue weighted by Crippen LogP contribution is 2.41. The van der Waals surface area contributed by atoms with E-state index in [-0.39, 0.29) is 44.4 Å². The molecular weight excluding hydrogens is 633 g/mol. The molecule has 0 fully saturated rings. The summed E-state index contributed by atoms with van der Waals surface area (Å²) >= 11 is 0. The number of phenols is 2. The molecule has 0 atom stereocenters. The van der Waals surface area contributed by atoms with Gasteiger partial charge in [-0.2, -0.15) is 27.1 Å². The Morgan fingerprint density at radius 1 is 0.435 bits per heavy atom. The van der Waals surface area contributed by atoms with Crippen molar-refractivity contribution in [3.63, 3.8) is 0 Å². The first kappa shape index (κ1) is 30.5. The molecule has 46 heavy (non-hydrogen) atoms. The van der Waals surface area contributed by atoms with Crippen molar-refractivity contribution < 1.29 is 36.2 Å². The molecule has 0 bridgehead atoms. The maximum Gasteiger partial charge on any atom is 0.295 e. The van der Waals surface area contributed by atoms with Crippen molar-refractivity contribution in [2.45, 2.75) is 9.79 Å². The van der Waals surface area contributed by atoms with Gasteiger partial charge in [-0.1, -0.05) is 72.8 Å². The maximum absolute atomic E-state index is 11.9. The van der Waals surface area contributed by atoms with Crippen molar-refractivity contribution in [2.24, 2.45) is 20.5 Å². The van der Waals surface area contributed by atoms with E-state index in [0.717, 1.165) is 23.3 Å². The third-order valence-electron chi connectivity index (χ3n) is 7.09. The smallest absolute Gasteiger partial charge is 0.295 e. The summed E-state index contributed by atoms with van der Waals surface area (Å²) in [4.78, 5) is -0.796. The minimum absolute atomic E-state index is 0.133. The predicted octanol–water partition coefficient (Wildman–Crippen LogP) is 8.40. The summed E-state index contributed by atoms with van der Waals surface area (Å²) < 4.78 is 67.1. The zero-order valence-electron chi connectivity index (χ0n) is 23.4. The van der Waals surface area contributed by atoms with E-state index < -0.39 is 30.0 Å². The second kappa shape index (κ2) is 11.8. The molecule has 14 heteroatoms. The molecule has 0 unspecified atom stereocenters. The second-order valence-electron chi connectivity index (χ2n) is 10.0. The molecular formula is C32H22N4O8S2. The van der Waals surface area contributed by atoms with E-state index in [1.165, 1.54) is 24.3 Å². The number of azo groups is 2. The number of nitrogens with zero attached hydrogens (tertiary/aromatic N) is 4. The molecule has 0 aliphatic rings. The molecule has 0 aliphatic heterocycles. The molecule has 6 aromatic rings. The highest BCUT2D eigenvalue weighted by atomic mass is 32.2. The number of rotatable bonds is 7. The standard InChI is InChI=1S/C32H22N4O8S2/c37-31-25-7-3-1-5-23(25)29(45(39,40)41)17-27(31)35-33-21-13-9-19(10-14-21)20-11-15-22(16-12-20)34-36-28-18-30(46(42,43)44)24-6-2-4-8-26(24)32(28)38/h1-18,37-38H,(H,39,40,41)(H,42,43,44). The summed E-state index contributed by atoms with van der Waals surface area (Å²) in [6.07, 6.45) is 0. The molecule has 230 valence electrons. The lowest BCUT2D eigenvalue weighted by molar-refractivity contribution is 0.477. The van der Waals surface area contributed by atoms with Gasteiger partial charge in [-0.3, -0.25) is 9.11 Å². The van der Waals surface area contributed by atoms with Gasteiger partial charge in [-0.05, 0) is 47.5 Å². The number of hydrogen-bond acceptors (Lipinski definition) is 10. The summed E-state index contributed by atoms with van der Waals surface area (Å²) in [6, 6.07) is 28.2. The quantitative estimate of drug-likeness (QED) is 0.0971. The fourth-order valence-corrected chi connectivity index (χ4v) is 6.30. The van der Waals surface area contributed by atoms with Crippen molar-refractivity contribution in [3.05, 3.63) is 109 Å². The Bertz CT molecular complexity index is 2260. The topological polar surface area (TPSA) is 199 Å².